The second-order valence-corrected chi connectivity index (χ2v) is 2.83. The quantitative estimate of drug-likeness (QED) is 0.435. The predicted octanol–water partition coefficient (Wildman–Crippen LogP) is 1.73. The highest BCUT2D eigenvalue weighted by molar-refractivity contribution is 6.22. The van der Waals surface area contributed by atoms with Crippen LogP contribution in [0.15, 0.2) is 42.0 Å². The Hall–Kier alpha value is -2.30. The van der Waals surface area contributed by atoms with E-state index >= 15 is 0 Å². The van der Waals surface area contributed by atoms with Crippen LogP contribution in [0.1, 0.15) is 0 Å². The normalized spacial score (nSPS) is 10.0. The minimum Gasteiger partial charge on any atom is -0.490 e. The summed E-state index contributed by atoms with van der Waals surface area (Å²) >= 11 is 0. The third-order valence-corrected chi connectivity index (χ3v) is 1.59. The number of carbonyl (C=O) groups is 1. The number of hydrazone groups is 1. The number of rotatable bonds is 6. The topological polar surface area (TPSA) is 70.9 Å². The number of nitrogens with one attached hydrogen (secondary N) is 1. The summed E-state index contributed by atoms with van der Waals surface area (Å²) < 4.78 is 5.27. The highest BCUT2D eigenvalue weighted by Gasteiger charge is 1.93. The molecule has 0 fully saturated rings. The van der Waals surface area contributed by atoms with Crippen LogP contribution in [0.4, 0.5) is 5.69 Å². The van der Waals surface area contributed by atoms with E-state index in [-0.39, 0.29) is 0 Å². The summed E-state index contributed by atoms with van der Waals surface area (Å²) in [7, 11) is 0. The molecule has 16 heavy (non-hydrogen) atoms. The number of aliphatic carboxylic acids is 1. The summed E-state index contributed by atoms with van der Waals surface area (Å²) in [4.78, 5) is 10.1. The van der Waals surface area contributed by atoms with Gasteiger partial charge in [-0.15, -0.1) is 0 Å². The molecule has 0 unspecified atom stereocenters. The van der Waals surface area contributed by atoms with Gasteiger partial charge in [0.1, 0.15) is 18.6 Å². The lowest BCUT2D eigenvalue weighted by molar-refractivity contribution is -0.128. The van der Waals surface area contributed by atoms with Crippen LogP contribution in [0.2, 0.25) is 0 Å². The Morgan fingerprint density at radius 3 is 2.75 bits per heavy atom. The first-order chi connectivity index (χ1) is 7.72. The van der Waals surface area contributed by atoms with Gasteiger partial charge in [0.2, 0.25) is 0 Å². The highest BCUT2D eigenvalue weighted by atomic mass is 16.5. The minimum absolute atomic E-state index is 0.448. The molecule has 1 rings (SSSR count). The van der Waals surface area contributed by atoms with Crippen molar-refractivity contribution in [3.05, 3.63) is 36.9 Å². The summed E-state index contributed by atoms with van der Waals surface area (Å²) in [6.07, 6.45) is 2.44. The maximum Gasteiger partial charge on any atom is 0.348 e. The van der Waals surface area contributed by atoms with Crippen LogP contribution in [0.25, 0.3) is 0 Å². The van der Waals surface area contributed by atoms with Crippen LogP contribution in [0, 0.1) is 0 Å². The van der Waals surface area contributed by atoms with E-state index in [1.165, 1.54) is 0 Å². The summed E-state index contributed by atoms with van der Waals surface area (Å²) in [5.41, 5.74) is 3.26. The number of hydrogen-bond donors (Lipinski definition) is 2. The molecule has 5 heteroatoms. The van der Waals surface area contributed by atoms with Gasteiger partial charge in [-0.3, -0.25) is 5.43 Å². The zero-order valence-electron chi connectivity index (χ0n) is 8.59. The molecule has 0 atom stereocenters. The number of benzene rings is 1. The Bertz CT molecular complexity index is 385. The van der Waals surface area contributed by atoms with Gasteiger partial charge in [0.25, 0.3) is 0 Å². The van der Waals surface area contributed by atoms with E-state index in [1.807, 2.05) is 0 Å². The number of nitrogens with zero attached hydrogens (tertiary/aromatic N) is 1. The van der Waals surface area contributed by atoms with Crippen molar-refractivity contribution in [1.29, 1.82) is 0 Å². The lowest BCUT2D eigenvalue weighted by Crippen LogP contribution is -1.98. The number of anilines is 1. The average Bonchev–Trinajstić information content (AvgIpc) is 2.27. The fraction of sp³-hybridized carbons (Fsp3) is 0.0909. The highest BCUT2D eigenvalue weighted by Crippen LogP contribution is 2.15. The Labute approximate surface area is 93.1 Å². The molecular weight excluding hydrogens is 208 g/mol. The van der Waals surface area contributed by atoms with Crippen molar-refractivity contribution in [3.8, 4) is 5.75 Å². The number of carboxylic acid groups (broad SMARTS) is 1. The Morgan fingerprint density at radius 2 is 2.19 bits per heavy atom. The molecule has 84 valence electrons. The first-order valence-corrected chi connectivity index (χ1v) is 4.58. The van der Waals surface area contributed by atoms with E-state index in [0.717, 1.165) is 6.21 Å². The fourth-order valence-electron chi connectivity index (χ4n) is 0.943. The van der Waals surface area contributed by atoms with Gasteiger partial charge in [-0.1, -0.05) is 12.7 Å². The van der Waals surface area contributed by atoms with Gasteiger partial charge in [0, 0.05) is 0 Å². The van der Waals surface area contributed by atoms with Crippen molar-refractivity contribution >= 4 is 17.9 Å². The van der Waals surface area contributed by atoms with Crippen molar-refractivity contribution in [2.24, 2.45) is 5.10 Å². The Morgan fingerprint density at radius 1 is 1.50 bits per heavy atom. The molecule has 0 spiro atoms. The van der Waals surface area contributed by atoms with Gasteiger partial charge in [-0.25, -0.2) is 4.79 Å². The standard InChI is InChI=1S/C11H12N2O3/c1-2-7-16-10-5-3-9(4-6-10)13-12-8-11(14)15/h2-6,8,13H,1,7H2,(H,14,15). The first kappa shape index (κ1) is 11.8. The molecule has 0 radical (unpaired) electrons. The molecule has 0 bridgehead atoms. The first-order valence-electron chi connectivity index (χ1n) is 4.58. The van der Waals surface area contributed by atoms with Gasteiger partial charge in [0.05, 0.1) is 5.69 Å². The number of ether oxygens (including phenoxy) is 1. The van der Waals surface area contributed by atoms with E-state index in [2.05, 4.69) is 17.1 Å². The van der Waals surface area contributed by atoms with Crippen molar-refractivity contribution < 1.29 is 14.6 Å². The molecule has 0 aliphatic carbocycles. The third-order valence-electron chi connectivity index (χ3n) is 1.59. The van der Waals surface area contributed by atoms with Gasteiger partial charge in [-0.2, -0.15) is 5.10 Å². The summed E-state index contributed by atoms with van der Waals surface area (Å²) in [5.74, 6) is -0.383. The van der Waals surface area contributed by atoms with Crippen LogP contribution < -0.4 is 10.2 Å². The molecule has 1 aromatic carbocycles. The molecule has 1 aromatic rings. The summed E-state index contributed by atoms with van der Waals surface area (Å²) in [6.45, 7) is 3.99. The van der Waals surface area contributed by atoms with Crippen LogP contribution in [0.5, 0.6) is 5.75 Å². The second-order valence-electron chi connectivity index (χ2n) is 2.83. The largest absolute Gasteiger partial charge is 0.490 e. The lowest BCUT2D eigenvalue weighted by Gasteiger charge is -2.04. The second kappa shape index (κ2) is 6.23. The van der Waals surface area contributed by atoms with Gasteiger partial charge in [-0.05, 0) is 24.3 Å². The molecule has 0 aliphatic heterocycles. The van der Waals surface area contributed by atoms with Crippen LogP contribution >= 0.6 is 0 Å². The van der Waals surface area contributed by atoms with Gasteiger partial charge >= 0.3 is 5.97 Å². The van der Waals surface area contributed by atoms with E-state index in [0.29, 0.717) is 18.0 Å². The van der Waals surface area contributed by atoms with Crippen LogP contribution in [-0.4, -0.2) is 23.9 Å². The monoisotopic (exact) mass is 220 g/mol. The number of hydrogen-bond acceptors (Lipinski definition) is 4. The summed E-state index contributed by atoms with van der Waals surface area (Å²) in [5, 5.41) is 11.8. The SMILES string of the molecule is C=CCOc1ccc(NN=CC(=O)O)cc1. The lowest BCUT2D eigenvalue weighted by atomic mass is 10.3. The van der Waals surface area contributed by atoms with Crippen molar-refractivity contribution in [2.45, 2.75) is 0 Å². The van der Waals surface area contributed by atoms with E-state index in [1.54, 1.807) is 30.3 Å². The smallest absolute Gasteiger partial charge is 0.348 e. The Kier molecular flexibility index (Phi) is 4.59. The zero-order chi connectivity index (χ0) is 11.8. The molecule has 0 saturated carbocycles. The molecule has 0 saturated heterocycles. The maximum absolute atomic E-state index is 10.1. The number of carboxylic acids is 1. The molecular formula is C11H12N2O3. The third kappa shape index (κ3) is 4.28. The molecule has 0 aliphatic rings. The van der Waals surface area contributed by atoms with E-state index in [4.69, 9.17) is 9.84 Å². The summed E-state index contributed by atoms with van der Waals surface area (Å²) in [6, 6.07) is 6.97. The van der Waals surface area contributed by atoms with Gasteiger partial charge in [0.15, 0.2) is 0 Å². The van der Waals surface area contributed by atoms with Crippen molar-refractivity contribution in [3.63, 3.8) is 0 Å². The molecule has 0 heterocycles. The predicted molar refractivity (Wildman–Crippen MR) is 61.9 cm³/mol. The Balaban J connectivity index is 2.50. The fourth-order valence-corrected chi connectivity index (χ4v) is 0.943. The van der Waals surface area contributed by atoms with E-state index < -0.39 is 5.97 Å². The maximum atomic E-state index is 10.1. The van der Waals surface area contributed by atoms with E-state index in [9.17, 15) is 4.79 Å². The average molecular weight is 220 g/mol. The van der Waals surface area contributed by atoms with Crippen LogP contribution in [-0.2, 0) is 4.79 Å². The van der Waals surface area contributed by atoms with Gasteiger partial charge < -0.3 is 9.84 Å². The molecule has 0 aromatic heterocycles. The van der Waals surface area contributed by atoms with Crippen molar-refractivity contribution in [2.75, 3.05) is 12.0 Å². The molecule has 5 nitrogen and oxygen atoms in total. The molecule has 2 N–H and O–H groups in total. The van der Waals surface area contributed by atoms with Crippen LogP contribution in [0.3, 0.4) is 0 Å². The minimum atomic E-state index is -1.10. The molecule has 0 amide bonds. The zero-order valence-corrected chi connectivity index (χ0v) is 8.59. The van der Waals surface area contributed by atoms with Crippen molar-refractivity contribution in [1.82, 2.24) is 0 Å².